The van der Waals surface area contributed by atoms with Gasteiger partial charge in [-0.05, 0) is 38.1 Å². The van der Waals surface area contributed by atoms with E-state index in [9.17, 15) is 0 Å². The first-order valence-electron chi connectivity index (χ1n) is 6.63. The van der Waals surface area contributed by atoms with Crippen molar-refractivity contribution in [2.24, 2.45) is 0 Å². The van der Waals surface area contributed by atoms with Gasteiger partial charge in [0, 0.05) is 17.7 Å². The van der Waals surface area contributed by atoms with E-state index >= 15 is 0 Å². The monoisotopic (exact) mass is 277 g/mol. The van der Waals surface area contributed by atoms with Gasteiger partial charge in [-0.1, -0.05) is 5.16 Å². The Labute approximate surface area is 118 Å². The van der Waals surface area contributed by atoms with Crippen molar-refractivity contribution in [1.82, 2.24) is 5.16 Å². The average Bonchev–Trinajstić information content (AvgIpc) is 2.85. The van der Waals surface area contributed by atoms with Gasteiger partial charge in [0.1, 0.15) is 18.1 Å². The van der Waals surface area contributed by atoms with Crippen LogP contribution in [0.5, 0.6) is 5.75 Å². The second kappa shape index (κ2) is 7.07. The van der Waals surface area contributed by atoms with Crippen LogP contribution in [0, 0.1) is 6.92 Å². The van der Waals surface area contributed by atoms with Crippen molar-refractivity contribution in [3.05, 3.63) is 35.5 Å². The van der Waals surface area contributed by atoms with Crippen LogP contribution in [-0.2, 0) is 11.3 Å². The molecule has 1 aromatic heterocycles. The first-order chi connectivity index (χ1) is 9.76. The van der Waals surface area contributed by atoms with Crippen molar-refractivity contribution in [3.8, 4) is 17.1 Å². The molecule has 0 amide bonds. The quantitative estimate of drug-likeness (QED) is 0.788. The first-order valence-corrected chi connectivity index (χ1v) is 6.63. The topological polar surface area (TPSA) is 64.7 Å². The Balaban J connectivity index is 2.02. The lowest BCUT2D eigenvalue weighted by molar-refractivity contribution is 0.110. The van der Waals surface area contributed by atoms with Gasteiger partial charge in [0.05, 0.1) is 13.2 Å². The first kappa shape index (κ1) is 14.6. The zero-order valence-corrected chi connectivity index (χ0v) is 11.8. The van der Waals surface area contributed by atoms with E-state index in [4.69, 9.17) is 19.1 Å². The summed E-state index contributed by atoms with van der Waals surface area (Å²) in [4.78, 5) is 0. The van der Waals surface area contributed by atoms with E-state index in [1.165, 1.54) is 0 Å². The molecule has 0 saturated carbocycles. The molecule has 20 heavy (non-hydrogen) atoms. The molecule has 2 rings (SSSR count). The zero-order chi connectivity index (χ0) is 14.4. The third-order valence-electron chi connectivity index (χ3n) is 2.99. The molecule has 0 atom stereocenters. The molecule has 1 aromatic carbocycles. The molecule has 0 saturated heterocycles. The number of hydrogen-bond acceptors (Lipinski definition) is 5. The molecule has 2 aromatic rings. The van der Waals surface area contributed by atoms with E-state index in [-0.39, 0.29) is 6.61 Å². The Morgan fingerprint density at radius 3 is 2.55 bits per heavy atom. The summed E-state index contributed by atoms with van der Waals surface area (Å²) in [7, 11) is 0. The summed E-state index contributed by atoms with van der Waals surface area (Å²) in [6.45, 7) is 5.52. The Morgan fingerprint density at radius 1 is 1.20 bits per heavy atom. The predicted molar refractivity (Wildman–Crippen MR) is 74.6 cm³/mol. The molecular formula is C15H19NO4. The van der Waals surface area contributed by atoms with E-state index in [0.29, 0.717) is 31.3 Å². The SMILES string of the molecule is CCOCCOc1ccc(-c2onc(CO)c2C)cc1. The molecule has 0 radical (unpaired) electrons. The Bertz CT molecular complexity index is 533. The molecule has 0 bridgehead atoms. The molecule has 0 fully saturated rings. The summed E-state index contributed by atoms with van der Waals surface area (Å²) in [6.07, 6.45) is 0. The van der Waals surface area contributed by atoms with Gasteiger partial charge in [0.2, 0.25) is 0 Å². The van der Waals surface area contributed by atoms with Crippen molar-refractivity contribution < 1.29 is 19.1 Å². The minimum absolute atomic E-state index is 0.117. The molecule has 1 N–H and O–H groups in total. The van der Waals surface area contributed by atoms with Gasteiger partial charge in [-0.25, -0.2) is 0 Å². The molecule has 108 valence electrons. The van der Waals surface area contributed by atoms with Crippen molar-refractivity contribution in [2.45, 2.75) is 20.5 Å². The number of aliphatic hydroxyl groups is 1. The lowest BCUT2D eigenvalue weighted by Crippen LogP contribution is -2.06. The molecule has 0 spiro atoms. The second-order valence-electron chi connectivity index (χ2n) is 4.31. The highest BCUT2D eigenvalue weighted by molar-refractivity contribution is 5.62. The summed E-state index contributed by atoms with van der Waals surface area (Å²) < 4.78 is 16.0. The highest BCUT2D eigenvalue weighted by Gasteiger charge is 2.12. The fraction of sp³-hybridized carbons (Fsp3) is 0.400. The van der Waals surface area contributed by atoms with E-state index in [1.54, 1.807) is 0 Å². The van der Waals surface area contributed by atoms with Crippen molar-refractivity contribution >= 4 is 0 Å². The minimum Gasteiger partial charge on any atom is -0.491 e. The van der Waals surface area contributed by atoms with Crippen molar-refractivity contribution in [2.75, 3.05) is 19.8 Å². The van der Waals surface area contributed by atoms with Crippen LogP contribution in [0.15, 0.2) is 28.8 Å². The average molecular weight is 277 g/mol. The summed E-state index contributed by atoms with van der Waals surface area (Å²) in [5.74, 6) is 1.46. The maximum atomic E-state index is 9.11. The van der Waals surface area contributed by atoms with Crippen molar-refractivity contribution in [1.29, 1.82) is 0 Å². The van der Waals surface area contributed by atoms with Crippen molar-refractivity contribution in [3.63, 3.8) is 0 Å². The summed E-state index contributed by atoms with van der Waals surface area (Å²) in [6, 6.07) is 7.57. The van der Waals surface area contributed by atoms with Gasteiger partial charge in [-0.15, -0.1) is 0 Å². The van der Waals surface area contributed by atoms with E-state index in [1.807, 2.05) is 38.1 Å². The largest absolute Gasteiger partial charge is 0.491 e. The molecule has 1 heterocycles. The third kappa shape index (κ3) is 3.37. The van der Waals surface area contributed by atoms with E-state index in [2.05, 4.69) is 5.16 Å². The van der Waals surface area contributed by atoms with Gasteiger partial charge in [0.25, 0.3) is 0 Å². The number of benzene rings is 1. The fourth-order valence-corrected chi connectivity index (χ4v) is 1.85. The highest BCUT2D eigenvalue weighted by atomic mass is 16.5. The van der Waals surface area contributed by atoms with Crippen LogP contribution in [0.4, 0.5) is 0 Å². The van der Waals surface area contributed by atoms with Gasteiger partial charge in [-0.2, -0.15) is 0 Å². The van der Waals surface area contributed by atoms with E-state index in [0.717, 1.165) is 16.9 Å². The Kier molecular flexibility index (Phi) is 5.15. The summed E-state index contributed by atoms with van der Waals surface area (Å²) >= 11 is 0. The maximum absolute atomic E-state index is 9.11. The van der Waals surface area contributed by atoms with Crippen LogP contribution in [0.25, 0.3) is 11.3 Å². The molecule has 5 heteroatoms. The molecule has 0 unspecified atom stereocenters. The molecule has 0 aliphatic heterocycles. The van der Waals surface area contributed by atoms with E-state index < -0.39 is 0 Å². The van der Waals surface area contributed by atoms with Crippen LogP contribution < -0.4 is 4.74 Å². The minimum atomic E-state index is -0.117. The lowest BCUT2D eigenvalue weighted by atomic mass is 10.1. The Morgan fingerprint density at radius 2 is 1.95 bits per heavy atom. The Hall–Kier alpha value is -1.85. The summed E-state index contributed by atoms with van der Waals surface area (Å²) in [5.41, 5.74) is 2.33. The molecule has 5 nitrogen and oxygen atoms in total. The van der Waals surface area contributed by atoms with Crippen LogP contribution in [0.3, 0.4) is 0 Å². The van der Waals surface area contributed by atoms with Crippen LogP contribution in [-0.4, -0.2) is 30.1 Å². The zero-order valence-electron chi connectivity index (χ0n) is 11.8. The number of hydrogen-bond donors (Lipinski definition) is 1. The summed E-state index contributed by atoms with van der Waals surface area (Å²) in [5, 5.41) is 12.9. The smallest absolute Gasteiger partial charge is 0.170 e. The number of rotatable bonds is 7. The fourth-order valence-electron chi connectivity index (χ4n) is 1.85. The number of nitrogens with zero attached hydrogens (tertiary/aromatic N) is 1. The van der Waals surface area contributed by atoms with Crippen LogP contribution in [0.2, 0.25) is 0 Å². The van der Waals surface area contributed by atoms with Gasteiger partial charge < -0.3 is 19.1 Å². The number of aromatic nitrogens is 1. The second-order valence-corrected chi connectivity index (χ2v) is 4.31. The normalized spacial score (nSPS) is 10.8. The highest BCUT2D eigenvalue weighted by Crippen LogP contribution is 2.27. The molecular weight excluding hydrogens is 258 g/mol. The van der Waals surface area contributed by atoms with Gasteiger partial charge in [0.15, 0.2) is 5.76 Å². The van der Waals surface area contributed by atoms with Gasteiger partial charge >= 0.3 is 0 Å². The molecule has 0 aliphatic carbocycles. The predicted octanol–water partition coefficient (Wildman–Crippen LogP) is 2.56. The standard InChI is InChI=1S/C15H19NO4/c1-3-18-8-9-19-13-6-4-12(5-7-13)15-11(2)14(10-17)16-20-15/h4-7,17H,3,8-10H2,1-2H3. The van der Waals surface area contributed by atoms with Gasteiger partial charge in [-0.3, -0.25) is 0 Å². The number of ether oxygens (including phenoxy) is 2. The lowest BCUT2D eigenvalue weighted by Gasteiger charge is -2.06. The third-order valence-corrected chi connectivity index (χ3v) is 2.99. The maximum Gasteiger partial charge on any atom is 0.170 e. The van der Waals surface area contributed by atoms with Crippen LogP contribution in [0.1, 0.15) is 18.2 Å². The van der Waals surface area contributed by atoms with Crippen LogP contribution >= 0.6 is 0 Å². The molecule has 0 aliphatic rings. The number of aliphatic hydroxyl groups excluding tert-OH is 1.